The van der Waals surface area contributed by atoms with Crippen molar-refractivity contribution >= 4 is 28.9 Å². The highest BCUT2D eigenvalue weighted by atomic mass is 35.5. The van der Waals surface area contributed by atoms with Crippen molar-refractivity contribution in [3.63, 3.8) is 0 Å². The van der Waals surface area contributed by atoms with Gasteiger partial charge in [0.25, 0.3) is 0 Å². The highest BCUT2D eigenvalue weighted by molar-refractivity contribution is 6.28. The summed E-state index contributed by atoms with van der Waals surface area (Å²) >= 11 is 5.64. The summed E-state index contributed by atoms with van der Waals surface area (Å²) in [7, 11) is 1.82. The third-order valence-corrected chi connectivity index (χ3v) is 1.93. The number of hydrogen-bond acceptors (Lipinski definition) is 5. The number of aryl methyl sites for hydroxylation is 1. The van der Waals surface area contributed by atoms with Gasteiger partial charge in [-0.3, -0.25) is 4.68 Å². The minimum absolute atomic E-state index is 0.141. The van der Waals surface area contributed by atoms with Crippen molar-refractivity contribution in [2.75, 3.05) is 11.1 Å². The molecule has 0 aliphatic heterocycles. The lowest BCUT2D eigenvalue weighted by Crippen LogP contribution is -2.01. The summed E-state index contributed by atoms with van der Waals surface area (Å²) in [4.78, 5) is 7.70. The highest BCUT2D eigenvalue weighted by Crippen LogP contribution is 2.19. The summed E-state index contributed by atoms with van der Waals surface area (Å²) in [6.07, 6.45) is 3.25. The molecule has 2 aromatic heterocycles. The Morgan fingerprint density at radius 3 is 3.00 bits per heavy atom. The summed E-state index contributed by atoms with van der Waals surface area (Å²) in [5.74, 6) is 1.10. The van der Waals surface area contributed by atoms with Crippen LogP contribution in [-0.4, -0.2) is 19.7 Å². The van der Waals surface area contributed by atoms with Gasteiger partial charge in [0.1, 0.15) is 0 Å². The van der Waals surface area contributed by atoms with Crippen molar-refractivity contribution < 1.29 is 0 Å². The Hall–Kier alpha value is -1.82. The summed E-state index contributed by atoms with van der Waals surface area (Å²) in [5, 5.41) is 7.21. The number of hydrogen-bond donors (Lipinski definition) is 2. The van der Waals surface area contributed by atoms with Crippen LogP contribution in [0.2, 0.25) is 5.28 Å². The average Bonchev–Trinajstić information content (AvgIpc) is 2.58. The molecule has 0 aliphatic carbocycles. The summed E-state index contributed by atoms with van der Waals surface area (Å²) in [6.45, 7) is 0. The van der Waals surface area contributed by atoms with E-state index in [1.807, 2.05) is 7.05 Å². The Morgan fingerprint density at radius 2 is 2.33 bits per heavy atom. The summed E-state index contributed by atoms with van der Waals surface area (Å²) in [5.41, 5.74) is 6.08. The van der Waals surface area contributed by atoms with Crippen molar-refractivity contribution in [2.24, 2.45) is 7.05 Å². The molecular weight excluding hydrogens is 216 g/mol. The molecule has 6 nitrogen and oxygen atoms in total. The van der Waals surface area contributed by atoms with Crippen molar-refractivity contribution in [1.29, 1.82) is 0 Å². The molecule has 0 spiro atoms. The Kier molecular flexibility index (Phi) is 2.42. The number of anilines is 3. The first-order chi connectivity index (χ1) is 7.15. The maximum atomic E-state index is 5.66. The third kappa shape index (κ3) is 2.16. The number of nitrogens with one attached hydrogen (secondary N) is 1. The van der Waals surface area contributed by atoms with Gasteiger partial charge in [-0.05, 0) is 11.6 Å². The first kappa shape index (κ1) is 9.72. The fourth-order valence-electron chi connectivity index (χ4n) is 1.07. The molecule has 78 valence electrons. The average molecular weight is 225 g/mol. The van der Waals surface area contributed by atoms with Gasteiger partial charge in [-0.25, -0.2) is 4.98 Å². The molecule has 0 fully saturated rings. The molecule has 15 heavy (non-hydrogen) atoms. The zero-order valence-corrected chi connectivity index (χ0v) is 8.73. The van der Waals surface area contributed by atoms with E-state index in [9.17, 15) is 0 Å². The maximum Gasteiger partial charge on any atom is 0.224 e. The topological polar surface area (TPSA) is 81.7 Å². The summed E-state index contributed by atoms with van der Waals surface area (Å²) < 4.78 is 1.67. The molecule has 2 aromatic rings. The molecule has 3 N–H and O–H groups in total. The maximum absolute atomic E-state index is 5.66. The largest absolute Gasteiger partial charge is 0.394 e. The van der Waals surface area contributed by atoms with E-state index in [-0.39, 0.29) is 5.28 Å². The van der Waals surface area contributed by atoms with Gasteiger partial charge in [-0.1, -0.05) is 0 Å². The molecule has 0 bridgehead atoms. The number of nitrogens with zero attached hydrogens (tertiary/aromatic N) is 4. The van der Waals surface area contributed by atoms with Gasteiger partial charge in [-0.2, -0.15) is 10.1 Å². The number of nitrogens with two attached hydrogens (primary N) is 1. The smallest absolute Gasteiger partial charge is 0.224 e. The second-order valence-electron chi connectivity index (χ2n) is 2.94. The molecule has 0 saturated carbocycles. The second-order valence-corrected chi connectivity index (χ2v) is 3.28. The Balaban J connectivity index is 2.27. The second kappa shape index (κ2) is 3.74. The van der Waals surface area contributed by atoms with Gasteiger partial charge in [0.05, 0.1) is 11.9 Å². The van der Waals surface area contributed by atoms with E-state index in [1.165, 1.54) is 6.20 Å². The lowest BCUT2D eigenvalue weighted by Gasteiger charge is -2.04. The molecule has 0 aliphatic rings. The van der Waals surface area contributed by atoms with E-state index in [0.29, 0.717) is 17.3 Å². The first-order valence-corrected chi connectivity index (χ1v) is 4.57. The van der Waals surface area contributed by atoms with Gasteiger partial charge in [0.15, 0.2) is 11.6 Å². The van der Waals surface area contributed by atoms with Crippen molar-refractivity contribution in [2.45, 2.75) is 0 Å². The Bertz CT molecular complexity index is 480. The zero-order chi connectivity index (χ0) is 10.8. The van der Waals surface area contributed by atoms with Crippen molar-refractivity contribution in [3.8, 4) is 0 Å². The van der Waals surface area contributed by atoms with Gasteiger partial charge >= 0.3 is 0 Å². The number of rotatable bonds is 2. The van der Waals surface area contributed by atoms with Crippen LogP contribution in [0.3, 0.4) is 0 Å². The first-order valence-electron chi connectivity index (χ1n) is 4.20. The quantitative estimate of drug-likeness (QED) is 0.749. The van der Waals surface area contributed by atoms with Crippen molar-refractivity contribution in [1.82, 2.24) is 19.7 Å². The van der Waals surface area contributed by atoms with Crippen LogP contribution in [0.4, 0.5) is 17.3 Å². The zero-order valence-electron chi connectivity index (χ0n) is 7.98. The number of nitrogen functional groups attached to an aromatic ring is 1. The van der Waals surface area contributed by atoms with E-state index in [0.717, 1.165) is 0 Å². The van der Waals surface area contributed by atoms with E-state index >= 15 is 0 Å². The number of halogens is 1. The molecule has 0 amide bonds. The van der Waals surface area contributed by atoms with Crippen LogP contribution in [0.25, 0.3) is 0 Å². The van der Waals surface area contributed by atoms with Crippen molar-refractivity contribution in [3.05, 3.63) is 23.7 Å². The summed E-state index contributed by atoms with van der Waals surface area (Å²) in [6, 6.07) is 1.80. The predicted molar refractivity (Wildman–Crippen MR) is 57.9 cm³/mol. The molecular formula is C8H9ClN6. The molecule has 0 unspecified atom stereocenters. The molecule has 0 saturated heterocycles. The van der Waals surface area contributed by atoms with E-state index in [1.54, 1.807) is 16.9 Å². The standard InChI is InChI=1S/C8H9ClN6/c1-15-3-2-6(14-15)12-7-5(10)4-11-8(9)13-7/h2-4H,10H2,1H3,(H,11,12,13,14). The van der Waals surface area contributed by atoms with Gasteiger partial charge in [0.2, 0.25) is 5.28 Å². The normalized spacial score (nSPS) is 10.3. The van der Waals surface area contributed by atoms with E-state index < -0.39 is 0 Å². The Morgan fingerprint density at radius 1 is 1.53 bits per heavy atom. The minimum Gasteiger partial charge on any atom is -0.394 e. The lowest BCUT2D eigenvalue weighted by atomic mass is 10.5. The van der Waals surface area contributed by atoms with Crippen LogP contribution in [0.1, 0.15) is 0 Å². The third-order valence-electron chi connectivity index (χ3n) is 1.75. The van der Waals surface area contributed by atoms with Crippen LogP contribution in [-0.2, 0) is 7.05 Å². The van der Waals surface area contributed by atoms with Crippen LogP contribution in [0.15, 0.2) is 18.5 Å². The highest BCUT2D eigenvalue weighted by Gasteiger charge is 2.04. The van der Waals surface area contributed by atoms with Crippen LogP contribution in [0.5, 0.6) is 0 Å². The van der Waals surface area contributed by atoms with Gasteiger partial charge in [-0.15, -0.1) is 0 Å². The van der Waals surface area contributed by atoms with Crippen LogP contribution < -0.4 is 11.1 Å². The molecule has 0 aromatic carbocycles. The van der Waals surface area contributed by atoms with E-state index in [2.05, 4.69) is 20.4 Å². The molecule has 7 heteroatoms. The van der Waals surface area contributed by atoms with Gasteiger partial charge in [0, 0.05) is 19.3 Å². The van der Waals surface area contributed by atoms with E-state index in [4.69, 9.17) is 17.3 Å². The molecule has 2 rings (SSSR count). The SMILES string of the molecule is Cn1ccc(Nc2nc(Cl)ncc2N)n1. The predicted octanol–water partition coefficient (Wildman–Crippen LogP) is 1.19. The molecule has 0 atom stereocenters. The molecule has 2 heterocycles. The number of aromatic nitrogens is 4. The monoisotopic (exact) mass is 224 g/mol. The lowest BCUT2D eigenvalue weighted by molar-refractivity contribution is 0.771. The fourth-order valence-corrected chi connectivity index (χ4v) is 1.21. The van der Waals surface area contributed by atoms with Crippen LogP contribution in [0, 0.1) is 0 Å². The molecule has 0 radical (unpaired) electrons. The Labute approximate surface area is 91.1 Å². The minimum atomic E-state index is 0.141. The van der Waals surface area contributed by atoms with Gasteiger partial charge < -0.3 is 11.1 Å². The van der Waals surface area contributed by atoms with Crippen LogP contribution >= 0.6 is 11.6 Å². The fraction of sp³-hybridized carbons (Fsp3) is 0.125.